The van der Waals surface area contributed by atoms with Crippen LogP contribution in [-0.4, -0.2) is 43.4 Å². The molecule has 0 bridgehead atoms. The summed E-state index contributed by atoms with van der Waals surface area (Å²) >= 11 is 0. The normalized spacial score (nSPS) is 32.9. The van der Waals surface area contributed by atoms with Crippen LogP contribution >= 0.6 is 0 Å². The zero-order valence-corrected chi connectivity index (χ0v) is 13.2. The van der Waals surface area contributed by atoms with Crippen LogP contribution in [0.2, 0.25) is 0 Å². The van der Waals surface area contributed by atoms with E-state index in [2.05, 4.69) is 30.2 Å². The van der Waals surface area contributed by atoms with E-state index in [1.54, 1.807) is 7.11 Å². The lowest BCUT2D eigenvalue weighted by atomic mass is 9.66. The summed E-state index contributed by atoms with van der Waals surface area (Å²) < 4.78 is 11.9. The molecule has 0 saturated carbocycles. The molecule has 1 aromatic rings. The molecule has 2 unspecified atom stereocenters. The fourth-order valence-corrected chi connectivity index (χ4v) is 4.44. The van der Waals surface area contributed by atoms with Crippen molar-refractivity contribution in [2.24, 2.45) is 5.92 Å². The topological polar surface area (TPSA) is 41.9 Å². The summed E-state index contributed by atoms with van der Waals surface area (Å²) in [4.78, 5) is 2.36. The summed E-state index contributed by atoms with van der Waals surface area (Å²) in [5.74, 6) is 1.85. The van der Waals surface area contributed by atoms with Gasteiger partial charge in [-0.2, -0.15) is 0 Å². The largest absolute Gasteiger partial charge is 0.493 e. The molecule has 0 saturated heterocycles. The Morgan fingerprint density at radius 1 is 1.45 bits per heavy atom. The standard InChI is InChI=1S/C18H23NO3/c1-19-9-8-18-7-3-4-13(11-20)17(18)22-16-14(21-2)6-5-12(10-19)15(16)18/h3,5-7,13,17,20H,4,8-11H2,1-2H3/t13?,17?,18-/m1/s1. The van der Waals surface area contributed by atoms with Gasteiger partial charge < -0.3 is 19.5 Å². The number of hydrogen-bond acceptors (Lipinski definition) is 4. The minimum Gasteiger partial charge on any atom is -0.493 e. The summed E-state index contributed by atoms with van der Waals surface area (Å²) in [6, 6.07) is 4.18. The average Bonchev–Trinajstić information content (AvgIpc) is 2.81. The van der Waals surface area contributed by atoms with Crippen molar-refractivity contribution in [3.8, 4) is 11.5 Å². The molecular formula is C18H23NO3. The number of methoxy groups -OCH3 is 1. The van der Waals surface area contributed by atoms with E-state index in [9.17, 15) is 5.11 Å². The molecule has 3 aliphatic rings. The Hall–Kier alpha value is -1.52. The predicted molar refractivity (Wildman–Crippen MR) is 84.4 cm³/mol. The number of rotatable bonds is 2. The van der Waals surface area contributed by atoms with Gasteiger partial charge in [0.15, 0.2) is 11.5 Å². The summed E-state index contributed by atoms with van der Waals surface area (Å²) in [6.07, 6.45) is 6.47. The van der Waals surface area contributed by atoms with Crippen molar-refractivity contribution >= 4 is 0 Å². The van der Waals surface area contributed by atoms with Crippen molar-refractivity contribution in [3.63, 3.8) is 0 Å². The molecule has 1 spiro atoms. The molecule has 0 aromatic heterocycles. The molecule has 2 heterocycles. The highest BCUT2D eigenvalue weighted by molar-refractivity contribution is 5.61. The summed E-state index contributed by atoms with van der Waals surface area (Å²) in [5.41, 5.74) is 2.49. The second-order valence-electron chi connectivity index (χ2n) is 6.78. The van der Waals surface area contributed by atoms with Crippen LogP contribution in [-0.2, 0) is 12.0 Å². The molecule has 3 atom stereocenters. The highest BCUT2D eigenvalue weighted by Crippen LogP contribution is 2.56. The third kappa shape index (κ3) is 1.77. The van der Waals surface area contributed by atoms with Crippen LogP contribution in [0.1, 0.15) is 24.0 Å². The van der Waals surface area contributed by atoms with Gasteiger partial charge in [0.1, 0.15) is 6.10 Å². The lowest BCUT2D eigenvalue weighted by Gasteiger charge is -2.38. The van der Waals surface area contributed by atoms with Crippen LogP contribution in [0.5, 0.6) is 11.5 Å². The molecule has 0 radical (unpaired) electrons. The Balaban J connectivity index is 1.95. The van der Waals surface area contributed by atoms with Crippen LogP contribution in [0.3, 0.4) is 0 Å². The highest BCUT2D eigenvalue weighted by atomic mass is 16.5. The maximum absolute atomic E-state index is 9.81. The van der Waals surface area contributed by atoms with Crippen LogP contribution in [0.4, 0.5) is 0 Å². The van der Waals surface area contributed by atoms with Crippen molar-refractivity contribution in [1.82, 2.24) is 4.90 Å². The fraction of sp³-hybridized carbons (Fsp3) is 0.556. The Labute approximate surface area is 131 Å². The number of benzene rings is 1. The number of ether oxygens (including phenoxy) is 2. The van der Waals surface area contributed by atoms with Gasteiger partial charge in [-0.05, 0) is 38.1 Å². The third-order valence-corrected chi connectivity index (χ3v) is 5.51. The van der Waals surface area contributed by atoms with Gasteiger partial charge >= 0.3 is 0 Å². The monoisotopic (exact) mass is 301 g/mol. The maximum Gasteiger partial charge on any atom is 0.166 e. The van der Waals surface area contributed by atoms with E-state index in [0.717, 1.165) is 37.4 Å². The molecule has 4 heteroatoms. The minimum atomic E-state index is -0.115. The van der Waals surface area contributed by atoms with Gasteiger partial charge in [-0.3, -0.25) is 0 Å². The lowest BCUT2D eigenvalue weighted by Crippen LogP contribution is -2.46. The first kappa shape index (κ1) is 14.1. The first-order valence-corrected chi connectivity index (χ1v) is 8.03. The van der Waals surface area contributed by atoms with E-state index in [0.29, 0.717) is 0 Å². The van der Waals surface area contributed by atoms with Crippen LogP contribution in [0, 0.1) is 5.92 Å². The molecule has 4 rings (SSSR count). The Morgan fingerprint density at radius 3 is 3.09 bits per heavy atom. The number of aliphatic hydroxyl groups is 1. The second kappa shape index (κ2) is 5.00. The van der Waals surface area contributed by atoms with Crippen LogP contribution in [0.15, 0.2) is 24.3 Å². The van der Waals surface area contributed by atoms with Gasteiger partial charge in [-0.1, -0.05) is 18.2 Å². The summed E-state index contributed by atoms with van der Waals surface area (Å²) in [5, 5.41) is 9.81. The van der Waals surface area contributed by atoms with Crippen molar-refractivity contribution in [2.75, 3.05) is 27.3 Å². The van der Waals surface area contributed by atoms with Gasteiger partial charge in [0.2, 0.25) is 0 Å². The van der Waals surface area contributed by atoms with Crippen molar-refractivity contribution in [2.45, 2.75) is 30.9 Å². The van der Waals surface area contributed by atoms with Gasteiger partial charge in [0.25, 0.3) is 0 Å². The van der Waals surface area contributed by atoms with E-state index >= 15 is 0 Å². The molecule has 22 heavy (non-hydrogen) atoms. The van der Waals surface area contributed by atoms with Crippen LogP contribution < -0.4 is 9.47 Å². The van der Waals surface area contributed by atoms with E-state index in [1.165, 1.54) is 11.1 Å². The molecular weight excluding hydrogens is 278 g/mol. The van der Waals surface area contributed by atoms with Crippen LogP contribution in [0.25, 0.3) is 0 Å². The van der Waals surface area contributed by atoms with E-state index < -0.39 is 0 Å². The molecule has 1 aromatic carbocycles. The Morgan fingerprint density at radius 2 is 2.32 bits per heavy atom. The third-order valence-electron chi connectivity index (χ3n) is 5.51. The first-order valence-electron chi connectivity index (χ1n) is 8.03. The van der Waals surface area contributed by atoms with Gasteiger partial charge in [-0.25, -0.2) is 0 Å². The van der Waals surface area contributed by atoms with Crippen molar-refractivity contribution in [1.29, 1.82) is 0 Å². The van der Waals surface area contributed by atoms with Gasteiger partial charge in [0, 0.05) is 24.6 Å². The Kier molecular flexibility index (Phi) is 3.20. The van der Waals surface area contributed by atoms with Gasteiger partial charge in [-0.15, -0.1) is 0 Å². The summed E-state index contributed by atoms with van der Waals surface area (Å²) in [7, 11) is 3.86. The minimum absolute atomic E-state index is 0.0130. The molecule has 1 N–H and O–H groups in total. The first-order chi connectivity index (χ1) is 10.7. The van der Waals surface area contributed by atoms with E-state index in [4.69, 9.17) is 9.47 Å². The quantitative estimate of drug-likeness (QED) is 0.850. The van der Waals surface area contributed by atoms with Crippen molar-refractivity contribution < 1.29 is 14.6 Å². The zero-order valence-electron chi connectivity index (χ0n) is 13.2. The number of allylic oxidation sites excluding steroid dienone is 1. The second-order valence-corrected chi connectivity index (χ2v) is 6.78. The molecule has 0 amide bonds. The molecule has 2 aliphatic heterocycles. The predicted octanol–water partition coefficient (Wildman–Crippen LogP) is 2.10. The molecule has 118 valence electrons. The SMILES string of the molecule is COc1ccc2c3c1OC1C(CO)CC=C[C@@]31CCN(C)C2. The Bertz CT molecular complexity index is 627. The number of hydrogen-bond donors (Lipinski definition) is 1. The fourth-order valence-electron chi connectivity index (χ4n) is 4.44. The van der Waals surface area contributed by atoms with E-state index in [1.807, 2.05) is 6.07 Å². The molecule has 0 fully saturated rings. The maximum atomic E-state index is 9.81. The number of aliphatic hydroxyl groups excluding tert-OH is 1. The van der Waals surface area contributed by atoms with Crippen molar-refractivity contribution in [3.05, 3.63) is 35.4 Å². The smallest absolute Gasteiger partial charge is 0.166 e. The summed E-state index contributed by atoms with van der Waals surface area (Å²) in [6.45, 7) is 2.12. The molecule has 1 aliphatic carbocycles. The highest BCUT2D eigenvalue weighted by Gasteiger charge is 2.54. The zero-order chi connectivity index (χ0) is 15.3. The number of nitrogens with zero attached hydrogens (tertiary/aromatic N) is 1. The average molecular weight is 301 g/mol. The molecule has 4 nitrogen and oxygen atoms in total. The lowest BCUT2D eigenvalue weighted by molar-refractivity contribution is 0.0531. The van der Waals surface area contributed by atoms with E-state index in [-0.39, 0.29) is 24.0 Å². The van der Waals surface area contributed by atoms with Gasteiger partial charge in [0.05, 0.1) is 12.5 Å².